The van der Waals surface area contributed by atoms with E-state index in [4.69, 9.17) is 9.47 Å². The van der Waals surface area contributed by atoms with Gasteiger partial charge in [0.05, 0.1) is 6.61 Å². The monoisotopic (exact) mass is 582 g/mol. The van der Waals surface area contributed by atoms with Crippen molar-refractivity contribution in [1.29, 1.82) is 0 Å². The summed E-state index contributed by atoms with van der Waals surface area (Å²) >= 11 is 4.74. The Morgan fingerprint density at radius 3 is 2.41 bits per heavy atom. The van der Waals surface area contributed by atoms with Gasteiger partial charge >= 0.3 is 0 Å². The van der Waals surface area contributed by atoms with Crippen molar-refractivity contribution in [2.24, 2.45) is 0 Å². The summed E-state index contributed by atoms with van der Waals surface area (Å²) in [5.41, 5.74) is 3.81. The smallest absolute Gasteiger partial charge is 0.220 e. The van der Waals surface area contributed by atoms with Crippen LogP contribution in [0.15, 0.2) is 76.4 Å². The van der Waals surface area contributed by atoms with Gasteiger partial charge in [-0.25, -0.2) is 0 Å². The van der Waals surface area contributed by atoms with Gasteiger partial charge in [-0.15, -0.1) is 10.2 Å². The van der Waals surface area contributed by atoms with E-state index in [1.165, 1.54) is 11.8 Å². The second-order valence-electron chi connectivity index (χ2n) is 8.38. The Labute approximate surface area is 228 Å². The fourth-order valence-corrected chi connectivity index (χ4v) is 5.17. The molecule has 0 bridgehead atoms. The maximum absolute atomic E-state index is 11.6. The van der Waals surface area contributed by atoms with E-state index in [1.807, 2.05) is 92.1 Å². The van der Waals surface area contributed by atoms with Gasteiger partial charge < -0.3 is 9.47 Å². The van der Waals surface area contributed by atoms with Crippen molar-refractivity contribution >= 4 is 27.7 Å². The molecule has 10 heteroatoms. The second-order valence-corrected chi connectivity index (χ2v) is 10.5. The van der Waals surface area contributed by atoms with Crippen LogP contribution in [0, 0.1) is 24.0 Å². The van der Waals surface area contributed by atoms with E-state index in [9.17, 15) is 10.1 Å². The Morgan fingerprint density at radius 1 is 1.00 bits per heavy atom. The number of nitrogens with zero attached hydrogens (tertiary/aromatic N) is 4. The first kappa shape index (κ1) is 26.7. The quantitative estimate of drug-likeness (QED) is 0.110. The van der Waals surface area contributed by atoms with Crippen LogP contribution >= 0.6 is 27.7 Å². The third-order valence-electron chi connectivity index (χ3n) is 5.60. The van der Waals surface area contributed by atoms with E-state index in [1.54, 1.807) is 0 Å². The molecule has 4 rings (SSSR count). The molecule has 8 nitrogen and oxygen atoms in total. The van der Waals surface area contributed by atoms with Gasteiger partial charge in [-0.3, -0.25) is 14.7 Å². The molecule has 1 heterocycles. The lowest BCUT2D eigenvalue weighted by atomic mass is 10.1. The number of halogens is 1. The van der Waals surface area contributed by atoms with Crippen molar-refractivity contribution in [1.82, 2.24) is 14.8 Å². The lowest BCUT2D eigenvalue weighted by molar-refractivity contribution is -0.479. The maximum Gasteiger partial charge on any atom is 0.220 e. The van der Waals surface area contributed by atoms with Crippen molar-refractivity contribution in [2.45, 2.75) is 37.8 Å². The highest BCUT2D eigenvalue weighted by Gasteiger charge is 2.25. The molecule has 37 heavy (non-hydrogen) atoms. The highest BCUT2D eigenvalue weighted by Crippen LogP contribution is 2.39. The van der Waals surface area contributed by atoms with Gasteiger partial charge in [-0.1, -0.05) is 63.6 Å². The number of hydrogen-bond acceptors (Lipinski definition) is 7. The third kappa shape index (κ3) is 6.90. The molecule has 0 fully saturated rings. The Hall–Kier alpha value is -3.37. The van der Waals surface area contributed by atoms with Crippen molar-refractivity contribution in [2.75, 3.05) is 13.2 Å². The molecule has 0 aliphatic heterocycles. The van der Waals surface area contributed by atoms with Gasteiger partial charge in [0.15, 0.2) is 16.7 Å². The second kappa shape index (κ2) is 12.2. The average Bonchev–Trinajstić information content (AvgIpc) is 3.24. The fraction of sp³-hybridized carbons (Fsp3) is 0.259. The minimum absolute atomic E-state index is 0.283. The number of nitro groups is 1. The van der Waals surface area contributed by atoms with Crippen molar-refractivity contribution in [3.8, 4) is 17.2 Å². The Kier molecular flexibility index (Phi) is 8.83. The highest BCUT2D eigenvalue weighted by molar-refractivity contribution is 9.10. The molecule has 192 valence electrons. The normalized spacial score (nSPS) is 11.8. The van der Waals surface area contributed by atoms with Gasteiger partial charge in [0.1, 0.15) is 17.7 Å². The number of benzene rings is 3. The molecule has 0 unspecified atom stereocenters. The number of aryl methyl sites for hydroxylation is 2. The van der Waals surface area contributed by atoms with Crippen molar-refractivity contribution < 1.29 is 14.4 Å². The first-order chi connectivity index (χ1) is 17.8. The molecule has 0 saturated carbocycles. The standard InChI is InChI=1S/C27H27BrN4O4S/c1-4-35-25-15-21(9-14-24(25)36-17-20-7-10-22(28)11-8-20)26(16-31(33)34)37-27-30-29-19(3)32(27)23-12-5-18(2)6-13-23/h5-15,26H,4,16-17H2,1-3H3/t26-/m0/s1. The number of hydrogen-bond donors (Lipinski definition) is 0. The van der Waals surface area contributed by atoms with Crippen LogP contribution in [-0.2, 0) is 6.61 Å². The summed E-state index contributed by atoms with van der Waals surface area (Å²) < 4.78 is 14.8. The van der Waals surface area contributed by atoms with Gasteiger partial charge in [-0.2, -0.15) is 0 Å². The lowest BCUT2D eigenvalue weighted by Gasteiger charge is -2.17. The third-order valence-corrected chi connectivity index (χ3v) is 7.31. The molecule has 0 aliphatic rings. The van der Waals surface area contributed by atoms with Gasteiger partial charge in [0.25, 0.3) is 0 Å². The Balaban J connectivity index is 1.61. The zero-order chi connectivity index (χ0) is 26.4. The molecule has 3 aromatic carbocycles. The van der Waals surface area contributed by atoms with Crippen LogP contribution in [0.4, 0.5) is 0 Å². The summed E-state index contributed by atoms with van der Waals surface area (Å²) in [5, 5.41) is 20.3. The predicted octanol–water partition coefficient (Wildman–Crippen LogP) is 6.73. The van der Waals surface area contributed by atoms with Crippen molar-refractivity contribution in [3.63, 3.8) is 0 Å². The number of rotatable bonds is 11. The topological polar surface area (TPSA) is 92.3 Å². The minimum Gasteiger partial charge on any atom is -0.490 e. The van der Waals surface area contributed by atoms with Gasteiger partial charge in [0.2, 0.25) is 6.54 Å². The van der Waals surface area contributed by atoms with Gasteiger partial charge in [-0.05, 0) is 68.3 Å². The van der Waals surface area contributed by atoms with Crippen LogP contribution in [-0.4, -0.2) is 32.8 Å². The lowest BCUT2D eigenvalue weighted by Crippen LogP contribution is -2.11. The average molecular weight is 584 g/mol. The number of ether oxygens (including phenoxy) is 2. The molecular formula is C27H27BrN4O4S. The molecular weight excluding hydrogens is 556 g/mol. The Morgan fingerprint density at radius 2 is 1.73 bits per heavy atom. The molecule has 4 aromatic rings. The first-order valence-electron chi connectivity index (χ1n) is 11.8. The predicted molar refractivity (Wildman–Crippen MR) is 147 cm³/mol. The summed E-state index contributed by atoms with van der Waals surface area (Å²) in [6.07, 6.45) is 0. The largest absolute Gasteiger partial charge is 0.490 e. The Bertz CT molecular complexity index is 1360. The molecule has 1 atom stereocenters. The van der Waals surface area contributed by atoms with Crippen LogP contribution in [0.3, 0.4) is 0 Å². The summed E-state index contributed by atoms with van der Waals surface area (Å²) in [4.78, 5) is 11.3. The van der Waals surface area contributed by atoms with E-state index >= 15 is 0 Å². The van der Waals surface area contributed by atoms with E-state index in [0.717, 1.165) is 26.9 Å². The summed E-state index contributed by atoms with van der Waals surface area (Å²) in [6.45, 7) is 6.30. The molecule has 0 N–H and O–H groups in total. The first-order valence-corrected chi connectivity index (χ1v) is 13.4. The fourth-order valence-electron chi connectivity index (χ4n) is 3.74. The van der Waals surface area contributed by atoms with Crippen LogP contribution in [0.2, 0.25) is 0 Å². The maximum atomic E-state index is 11.6. The van der Waals surface area contributed by atoms with Gasteiger partial charge in [0, 0.05) is 15.1 Å². The van der Waals surface area contributed by atoms with E-state index in [2.05, 4.69) is 26.1 Å². The minimum atomic E-state index is -0.512. The van der Waals surface area contributed by atoms with Crippen LogP contribution in [0.25, 0.3) is 5.69 Å². The zero-order valence-corrected chi connectivity index (χ0v) is 23.2. The highest BCUT2D eigenvalue weighted by atomic mass is 79.9. The summed E-state index contributed by atoms with van der Waals surface area (Å²) in [6, 6.07) is 21.4. The molecule has 0 spiro atoms. The number of thioether (sulfide) groups is 1. The van der Waals surface area contributed by atoms with Crippen molar-refractivity contribution in [3.05, 3.63) is 104 Å². The van der Waals surface area contributed by atoms with Crippen LogP contribution in [0.1, 0.15) is 34.7 Å². The van der Waals surface area contributed by atoms with E-state index < -0.39 is 5.25 Å². The zero-order valence-electron chi connectivity index (χ0n) is 20.8. The number of aromatic nitrogens is 3. The van der Waals surface area contributed by atoms with Crippen LogP contribution in [0.5, 0.6) is 11.5 Å². The molecule has 0 amide bonds. The van der Waals surface area contributed by atoms with Crippen LogP contribution < -0.4 is 9.47 Å². The summed E-state index contributed by atoms with van der Waals surface area (Å²) in [5.74, 6) is 1.83. The molecule has 0 aliphatic carbocycles. The molecule has 0 saturated heterocycles. The summed E-state index contributed by atoms with van der Waals surface area (Å²) in [7, 11) is 0. The molecule has 0 radical (unpaired) electrons. The van der Waals surface area contributed by atoms with E-state index in [-0.39, 0.29) is 11.5 Å². The SMILES string of the molecule is CCOc1cc([C@H](C[N+](=O)[O-])Sc2nnc(C)n2-c2ccc(C)cc2)ccc1OCc1ccc(Br)cc1. The molecule has 1 aromatic heterocycles. The van der Waals surface area contributed by atoms with E-state index in [0.29, 0.717) is 35.7 Å².